The summed E-state index contributed by atoms with van der Waals surface area (Å²) in [7, 11) is 0. The lowest BCUT2D eigenvalue weighted by Crippen LogP contribution is -2.09. The van der Waals surface area contributed by atoms with E-state index in [9.17, 15) is 4.79 Å². The van der Waals surface area contributed by atoms with Crippen molar-refractivity contribution in [2.24, 2.45) is 0 Å². The summed E-state index contributed by atoms with van der Waals surface area (Å²) in [4.78, 5) is 15.8. The number of nitrogens with one attached hydrogen (secondary N) is 2. The predicted octanol–water partition coefficient (Wildman–Crippen LogP) is 4.74. The van der Waals surface area contributed by atoms with Crippen molar-refractivity contribution in [2.75, 3.05) is 10.6 Å². The highest BCUT2D eigenvalue weighted by molar-refractivity contribution is 6.01. The van der Waals surface area contributed by atoms with Gasteiger partial charge in [0.05, 0.1) is 11.4 Å². The van der Waals surface area contributed by atoms with Crippen LogP contribution in [0.3, 0.4) is 0 Å². The Labute approximate surface area is 146 Å². The molecule has 2 N–H and O–H groups in total. The Balaban J connectivity index is 1.79. The van der Waals surface area contributed by atoms with E-state index < -0.39 is 0 Å². The lowest BCUT2D eigenvalue weighted by atomic mass is 10.2. The largest absolute Gasteiger partial charge is 0.457 e. The Morgan fingerprint density at radius 3 is 2.44 bits per heavy atom. The van der Waals surface area contributed by atoms with Gasteiger partial charge in [-0.05, 0) is 36.4 Å². The van der Waals surface area contributed by atoms with Crippen LogP contribution in [0.1, 0.15) is 0 Å². The van der Waals surface area contributed by atoms with E-state index in [1.165, 1.54) is 6.08 Å². The molecule has 3 aromatic rings. The van der Waals surface area contributed by atoms with Crippen molar-refractivity contribution in [3.63, 3.8) is 0 Å². The number of carbonyl (C=O) groups is 1. The molecule has 0 spiro atoms. The number of nitrogens with zero attached hydrogens (tertiary/aromatic N) is 1. The highest BCUT2D eigenvalue weighted by Gasteiger charge is 2.06. The third kappa shape index (κ3) is 4.45. The van der Waals surface area contributed by atoms with Gasteiger partial charge in [-0.3, -0.25) is 4.79 Å². The molecule has 0 saturated heterocycles. The van der Waals surface area contributed by atoms with Crippen molar-refractivity contribution >= 4 is 23.1 Å². The molecule has 3 rings (SSSR count). The number of rotatable bonds is 6. The molecule has 0 unspecified atom stereocenters. The van der Waals surface area contributed by atoms with E-state index in [2.05, 4.69) is 22.2 Å². The van der Waals surface area contributed by atoms with Crippen LogP contribution in [0.15, 0.2) is 85.6 Å². The maximum Gasteiger partial charge on any atom is 0.247 e. The molecule has 0 aliphatic rings. The fourth-order valence-electron chi connectivity index (χ4n) is 2.19. The SMILES string of the molecule is C=CC(=O)Nc1ccccc1Nc1cc(Oc2ccccc2)ccn1. The van der Waals surface area contributed by atoms with Gasteiger partial charge in [0.25, 0.3) is 0 Å². The van der Waals surface area contributed by atoms with Gasteiger partial charge in [-0.15, -0.1) is 0 Å². The molecule has 25 heavy (non-hydrogen) atoms. The van der Waals surface area contributed by atoms with Gasteiger partial charge in [-0.25, -0.2) is 4.98 Å². The number of aromatic nitrogens is 1. The second kappa shape index (κ2) is 7.79. The van der Waals surface area contributed by atoms with E-state index in [1.54, 1.807) is 24.4 Å². The van der Waals surface area contributed by atoms with Gasteiger partial charge in [-0.1, -0.05) is 36.9 Å². The Hall–Kier alpha value is -3.60. The van der Waals surface area contributed by atoms with Crippen molar-refractivity contribution in [3.8, 4) is 11.5 Å². The number of amides is 1. The van der Waals surface area contributed by atoms with Crippen LogP contribution in [0.4, 0.5) is 17.2 Å². The van der Waals surface area contributed by atoms with E-state index >= 15 is 0 Å². The zero-order valence-electron chi connectivity index (χ0n) is 13.5. The van der Waals surface area contributed by atoms with Crippen LogP contribution in [0, 0.1) is 0 Å². The fourth-order valence-corrected chi connectivity index (χ4v) is 2.19. The number of para-hydroxylation sites is 3. The minimum atomic E-state index is -0.275. The number of ether oxygens (including phenoxy) is 1. The first kappa shape index (κ1) is 16.3. The summed E-state index contributed by atoms with van der Waals surface area (Å²) in [5.74, 6) is 1.74. The van der Waals surface area contributed by atoms with E-state index in [0.717, 1.165) is 11.4 Å². The Morgan fingerprint density at radius 2 is 1.68 bits per heavy atom. The van der Waals surface area contributed by atoms with Gasteiger partial charge in [0.1, 0.15) is 17.3 Å². The van der Waals surface area contributed by atoms with Gasteiger partial charge in [0.15, 0.2) is 0 Å². The Bertz CT molecular complexity index is 879. The molecule has 0 radical (unpaired) electrons. The van der Waals surface area contributed by atoms with Crippen LogP contribution < -0.4 is 15.4 Å². The highest BCUT2D eigenvalue weighted by atomic mass is 16.5. The average molecular weight is 331 g/mol. The highest BCUT2D eigenvalue weighted by Crippen LogP contribution is 2.27. The predicted molar refractivity (Wildman–Crippen MR) is 99.3 cm³/mol. The first-order chi connectivity index (χ1) is 12.2. The smallest absolute Gasteiger partial charge is 0.247 e. The molecular formula is C20H17N3O2. The van der Waals surface area contributed by atoms with Gasteiger partial charge in [0.2, 0.25) is 5.91 Å². The molecular weight excluding hydrogens is 314 g/mol. The molecule has 0 saturated carbocycles. The maximum absolute atomic E-state index is 11.6. The van der Waals surface area contributed by atoms with Crippen LogP contribution in [-0.2, 0) is 4.79 Å². The first-order valence-electron chi connectivity index (χ1n) is 7.73. The second-order valence-electron chi connectivity index (χ2n) is 5.16. The number of benzene rings is 2. The zero-order valence-corrected chi connectivity index (χ0v) is 13.5. The molecule has 0 fully saturated rings. The standard InChI is InChI=1S/C20H17N3O2/c1-2-20(24)23-18-11-7-6-10-17(18)22-19-14-16(12-13-21-19)25-15-8-4-3-5-9-15/h2-14H,1H2,(H,21,22)(H,23,24). The summed E-state index contributed by atoms with van der Waals surface area (Å²) in [6.45, 7) is 3.46. The molecule has 1 amide bonds. The maximum atomic E-state index is 11.6. The van der Waals surface area contributed by atoms with E-state index in [4.69, 9.17) is 4.74 Å². The minimum absolute atomic E-state index is 0.275. The topological polar surface area (TPSA) is 63.2 Å². The Kier molecular flexibility index (Phi) is 5.07. The zero-order chi connectivity index (χ0) is 17.5. The lowest BCUT2D eigenvalue weighted by Gasteiger charge is -2.12. The molecule has 1 aromatic heterocycles. The van der Waals surface area contributed by atoms with Crippen molar-refractivity contribution in [1.29, 1.82) is 0 Å². The van der Waals surface area contributed by atoms with E-state index in [1.807, 2.05) is 48.5 Å². The summed E-state index contributed by atoms with van der Waals surface area (Å²) in [5.41, 5.74) is 1.37. The normalized spacial score (nSPS) is 9.92. The number of pyridine rings is 1. The third-order valence-electron chi connectivity index (χ3n) is 3.34. The fraction of sp³-hybridized carbons (Fsp3) is 0. The van der Waals surface area contributed by atoms with Crippen LogP contribution in [-0.4, -0.2) is 10.9 Å². The summed E-state index contributed by atoms with van der Waals surface area (Å²) in [6, 6.07) is 20.5. The van der Waals surface area contributed by atoms with Crippen molar-refractivity contribution in [2.45, 2.75) is 0 Å². The average Bonchev–Trinajstić information content (AvgIpc) is 2.64. The van der Waals surface area contributed by atoms with E-state index in [-0.39, 0.29) is 5.91 Å². The van der Waals surface area contributed by atoms with E-state index in [0.29, 0.717) is 17.3 Å². The summed E-state index contributed by atoms with van der Waals surface area (Å²) >= 11 is 0. The van der Waals surface area contributed by atoms with Crippen LogP contribution in [0.5, 0.6) is 11.5 Å². The quantitative estimate of drug-likeness (QED) is 0.640. The molecule has 5 nitrogen and oxygen atoms in total. The summed E-state index contributed by atoms with van der Waals surface area (Å²) in [5, 5.41) is 5.94. The molecule has 5 heteroatoms. The van der Waals surface area contributed by atoms with Gasteiger partial charge < -0.3 is 15.4 Å². The molecule has 124 valence electrons. The van der Waals surface area contributed by atoms with Crippen LogP contribution in [0.25, 0.3) is 0 Å². The summed E-state index contributed by atoms with van der Waals surface area (Å²) < 4.78 is 5.81. The van der Waals surface area contributed by atoms with Crippen molar-refractivity contribution in [1.82, 2.24) is 4.98 Å². The van der Waals surface area contributed by atoms with Crippen molar-refractivity contribution < 1.29 is 9.53 Å². The van der Waals surface area contributed by atoms with Crippen LogP contribution >= 0.6 is 0 Å². The lowest BCUT2D eigenvalue weighted by molar-refractivity contribution is -0.111. The molecule has 0 atom stereocenters. The molecule has 0 bridgehead atoms. The first-order valence-corrected chi connectivity index (χ1v) is 7.73. The third-order valence-corrected chi connectivity index (χ3v) is 3.34. The minimum Gasteiger partial charge on any atom is -0.457 e. The van der Waals surface area contributed by atoms with Crippen LogP contribution in [0.2, 0.25) is 0 Å². The monoisotopic (exact) mass is 331 g/mol. The van der Waals surface area contributed by atoms with Gasteiger partial charge >= 0.3 is 0 Å². The number of anilines is 3. The molecule has 1 heterocycles. The van der Waals surface area contributed by atoms with Gasteiger partial charge in [0, 0.05) is 12.3 Å². The summed E-state index contributed by atoms with van der Waals surface area (Å²) in [6.07, 6.45) is 2.88. The van der Waals surface area contributed by atoms with Gasteiger partial charge in [-0.2, -0.15) is 0 Å². The number of hydrogen-bond acceptors (Lipinski definition) is 4. The second-order valence-corrected chi connectivity index (χ2v) is 5.16. The molecule has 0 aliphatic heterocycles. The molecule has 0 aliphatic carbocycles. The Morgan fingerprint density at radius 1 is 0.960 bits per heavy atom. The number of hydrogen-bond donors (Lipinski definition) is 2. The van der Waals surface area contributed by atoms with Crippen molar-refractivity contribution in [3.05, 3.63) is 85.6 Å². The molecule has 2 aromatic carbocycles. The number of carbonyl (C=O) groups excluding carboxylic acids is 1.